The van der Waals surface area contributed by atoms with Gasteiger partial charge in [0.05, 0.1) is 18.4 Å². The van der Waals surface area contributed by atoms with Crippen molar-refractivity contribution in [3.8, 4) is 23.4 Å². The zero-order valence-electron chi connectivity index (χ0n) is 9.75. The third kappa shape index (κ3) is 2.33. The second-order valence-electron chi connectivity index (χ2n) is 3.48. The molecule has 2 rings (SSSR count). The lowest BCUT2D eigenvalue weighted by Gasteiger charge is -2.10. The number of pyridine rings is 1. The van der Waals surface area contributed by atoms with Crippen LogP contribution in [0.2, 0.25) is 0 Å². The first-order valence-electron chi connectivity index (χ1n) is 5.21. The van der Waals surface area contributed by atoms with Crippen molar-refractivity contribution in [2.24, 2.45) is 0 Å². The normalized spacial score (nSPS) is 9.56. The summed E-state index contributed by atoms with van der Waals surface area (Å²) in [6.45, 7) is 0. The minimum atomic E-state index is 0.249. The number of methoxy groups -OCH3 is 1. The Morgan fingerprint density at radius 2 is 2.00 bits per heavy atom. The van der Waals surface area contributed by atoms with Crippen molar-refractivity contribution >= 4 is 5.69 Å². The molecule has 0 aliphatic carbocycles. The Morgan fingerprint density at radius 3 is 2.61 bits per heavy atom. The summed E-state index contributed by atoms with van der Waals surface area (Å²) in [6, 6.07) is 10.6. The molecule has 1 aromatic heterocycles. The van der Waals surface area contributed by atoms with Crippen LogP contribution in [-0.2, 0) is 0 Å². The van der Waals surface area contributed by atoms with Crippen molar-refractivity contribution in [1.29, 1.82) is 5.26 Å². The first kappa shape index (κ1) is 11.7. The molecule has 5 nitrogen and oxygen atoms in total. The average molecular weight is 241 g/mol. The molecule has 0 saturated carbocycles. The molecule has 0 bridgehead atoms. The molecule has 1 aromatic carbocycles. The Labute approximate surface area is 104 Å². The van der Waals surface area contributed by atoms with Crippen LogP contribution in [0.15, 0.2) is 36.5 Å². The highest BCUT2D eigenvalue weighted by Gasteiger charge is 2.08. The Bertz CT molecular complexity index is 605. The fourth-order valence-corrected chi connectivity index (χ4v) is 1.42. The van der Waals surface area contributed by atoms with Gasteiger partial charge in [0.15, 0.2) is 11.5 Å². The maximum absolute atomic E-state index is 8.72. The molecule has 2 aromatic rings. The van der Waals surface area contributed by atoms with Gasteiger partial charge >= 0.3 is 0 Å². The van der Waals surface area contributed by atoms with Gasteiger partial charge < -0.3 is 15.2 Å². The fraction of sp³-hybridized carbons (Fsp3) is 0.0769. The molecule has 5 heteroatoms. The van der Waals surface area contributed by atoms with Crippen molar-refractivity contribution in [3.63, 3.8) is 0 Å². The molecular weight excluding hydrogens is 230 g/mol. The van der Waals surface area contributed by atoms with Gasteiger partial charge in [-0.15, -0.1) is 0 Å². The van der Waals surface area contributed by atoms with Crippen molar-refractivity contribution in [2.45, 2.75) is 0 Å². The number of nitriles is 1. The third-order valence-corrected chi connectivity index (χ3v) is 2.28. The van der Waals surface area contributed by atoms with Gasteiger partial charge in [-0.2, -0.15) is 5.26 Å². The summed E-state index contributed by atoms with van der Waals surface area (Å²) in [5, 5.41) is 8.72. The molecule has 0 aliphatic heterocycles. The molecule has 0 unspecified atom stereocenters. The summed E-state index contributed by atoms with van der Waals surface area (Å²) in [6.07, 6.45) is 1.40. The Balaban J connectivity index is 2.32. The predicted octanol–water partition coefficient (Wildman–Crippen LogP) is 2.34. The third-order valence-electron chi connectivity index (χ3n) is 2.28. The maximum Gasteiger partial charge on any atom is 0.242 e. The van der Waals surface area contributed by atoms with E-state index in [2.05, 4.69) is 4.98 Å². The lowest BCUT2D eigenvalue weighted by Crippen LogP contribution is -1.97. The molecule has 0 spiro atoms. The molecule has 0 saturated heterocycles. The molecule has 1 heterocycles. The number of rotatable bonds is 3. The quantitative estimate of drug-likeness (QED) is 0.891. The van der Waals surface area contributed by atoms with E-state index in [0.717, 1.165) is 0 Å². The second kappa shape index (κ2) is 5.06. The van der Waals surface area contributed by atoms with E-state index in [9.17, 15) is 0 Å². The van der Waals surface area contributed by atoms with Crippen LogP contribution in [-0.4, -0.2) is 12.1 Å². The summed E-state index contributed by atoms with van der Waals surface area (Å²) in [5.41, 5.74) is 6.45. The van der Waals surface area contributed by atoms with Crippen molar-refractivity contribution in [1.82, 2.24) is 4.98 Å². The molecule has 0 amide bonds. The van der Waals surface area contributed by atoms with Gasteiger partial charge in [0.25, 0.3) is 0 Å². The second-order valence-corrected chi connectivity index (χ2v) is 3.48. The van der Waals surface area contributed by atoms with Gasteiger partial charge in [0, 0.05) is 6.20 Å². The molecule has 18 heavy (non-hydrogen) atoms. The van der Waals surface area contributed by atoms with Gasteiger partial charge in [-0.05, 0) is 18.2 Å². The fourth-order valence-electron chi connectivity index (χ4n) is 1.42. The highest BCUT2D eigenvalue weighted by Crippen LogP contribution is 2.32. The predicted molar refractivity (Wildman–Crippen MR) is 66.4 cm³/mol. The highest BCUT2D eigenvalue weighted by atomic mass is 16.5. The van der Waals surface area contributed by atoms with E-state index in [0.29, 0.717) is 22.7 Å². The van der Waals surface area contributed by atoms with E-state index in [1.54, 1.807) is 19.2 Å². The topological polar surface area (TPSA) is 81.2 Å². The van der Waals surface area contributed by atoms with E-state index in [1.165, 1.54) is 12.3 Å². The van der Waals surface area contributed by atoms with E-state index in [4.69, 9.17) is 20.5 Å². The van der Waals surface area contributed by atoms with E-state index in [-0.39, 0.29) is 5.88 Å². The summed E-state index contributed by atoms with van der Waals surface area (Å²) in [5.74, 6) is 1.35. The monoisotopic (exact) mass is 241 g/mol. The van der Waals surface area contributed by atoms with Crippen LogP contribution in [0.4, 0.5) is 5.69 Å². The van der Waals surface area contributed by atoms with Crippen molar-refractivity contribution in [3.05, 3.63) is 42.1 Å². The van der Waals surface area contributed by atoms with Crippen LogP contribution in [0, 0.1) is 11.3 Å². The van der Waals surface area contributed by atoms with Gasteiger partial charge in [0.2, 0.25) is 5.88 Å². The smallest absolute Gasteiger partial charge is 0.242 e. The minimum Gasteiger partial charge on any atom is -0.493 e. The number of para-hydroxylation sites is 2. The first-order chi connectivity index (χ1) is 8.74. The molecule has 0 aliphatic rings. The van der Waals surface area contributed by atoms with E-state index >= 15 is 0 Å². The zero-order valence-corrected chi connectivity index (χ0v) is 9.75. The minimum absolute atomic E-state index is 0.249. The first-order valence-corrected chi connectivity index (χ1v) is 5.21. The lowest BCUT2D eigenvalue weighted by molar-refractivity contribution is 0.375. The number of hydrogen-bond acceptors (Lipinski definition) is 5. The van der Waals surface area contributed by atoms with Crippen LogP contribution in [0.5, 0.6) is 17.4 Å². The number of nitrogen functional groups attached to an aromatic ring is 1. The van der Waals surface area contributed by atoms with E-state index in [1.807, 2.05) is 18.2 Å². The number of ether oxygens (including phenoxy) is 2. The zero-order chi connectivity index (χ0) is 13.0. The Kier molecular flexibility index (Phi) is 3.30. The summed E-state index contributed by atoms with van der Waals surface area (Å²) in [4.78, 5) is 3.99. The largest absolute Gasteiger partial charge is 0.493 e. The summed E-state index contributed by atoms with van der Waals surface area (Å²) < 4.78 is 10.7. The molecule has 0 radical (unpaired) electrons. The van der Waals surface area contributed by atoms with Gasteiger partial charge in [0.1, 0.15) is 6.07 Å². The van der Waals surface area contributed by atoms with Crippen molar-refractivity contribution < 1.29 is 9.47 Å². The number of nitrogens with two attached hydrogens (primary N) is 1. The number of anilines is 1. The lowest BCUT2D eigenvalue weighted by atomic mass is 10.3. The Hall–Kier alpha value is -2.74. The van der Waals surface area contributed by atoms with Gasteiger partial charge in [-0.3, -0.25) is 0 Å². The van der Waals surface area contributed by atoms with Crippen LogP contribution in [0.1, 0.15) is 5.56 Å². The number of benzene rings is 1. The molecule has 0 atom stereocenters. The highest BCUT2D eigenvalue weighted by molar-refractivity contribution is 5.54. The summed E-state index contributed by atoms with van der Waals surface area (Å²) >= 11 is 0. The molecule has 90 valence electrons. The van der Waals surface area contributed by atoms with Crippen molar-refractivity contribution in [2.75, 3.05) is 12.8 Å². The molecule has 2 N–H and O–H groups in total. The molecular formula is C13H11N3O2. The maximum atomic E-state index is 8.72. The average Bonchev–Trinajstić information content (AvgIpc) is 2.41. The number of aromatic nitrogens is 1. The standard InChI is InChI=1S/C13H11N3O2/c1-17-11-4-2-3-5-12(11)18-13-10(15)6-9(7-14)8-16-13/h2-6,8H,15H2,1H3. The van der Waals surface area contributed by atoms with E-state index < -0.39 is 0 Å². The number of hydrogen-bond donors (Lipinski definition) is 1. The number of nitrogens with zero attached hydrogens (tertiary/aromatic N) is 2. The molecule has 0 fully saturated rings. The van der Waals surface area contributed by atoms with Crippen LogP contribution < -0.4 is 15.2 Å². The van der Waals surface area contributed by atoms with Crippen LogP contribution >= 0.6 is 0 Å². The summed E-state index contributed by atoms with van der Waals surface area (Å²) in [7, 11) is 1.55. The van der Waals surface area contributed by atoms with Gasteiger partial charge in [-0.1, -0.05) is 12.1 Å². The van der Waals surface area contributed by atoms with Crippen LogP contribution in [0.3, 0.4) is 0 Å². The van der Waals surface area contributed by atoms with Gasteiger partial charge in [-0.25, -0.2) is 4.98 Å². The SMILES string of the molecule is COc1ccccc1Oc1ncc(C#N)cc1N. The Morgan fingerprint density at radius 1 is 1.28 bits per heavy atom. The van der Waals surface area contributed by atoms with Crippen LogP contribution in [0.25, 0.3) is 0 Å².